The number of amides is 1. The summed E-state index contributed by atoms with van der Waals surface area (Å²) in [7, 11) is 0. The van der Waals surface area contributed by atoms with E-state index in [-0.39, 0.29) is 18.5 Å². The summed E-state index contributed by atoms with van der Waals surface area (Å²) >= 11 is 0. The fraction of sp³-hybridized carbons (Fsp3) is 0.154. The van der Waals surface area contributed by atoms with Crippen LogP contribution in [0.5, 0.6) is 0 Å². The maximum absolute atomic E-state index is 11.8. The van der Waals surface area contributed by atoms with Crippen LogP contribution < -0.4 is 10.5 Å². The Balaban J connectivity index is 2.61. The minimum atomic E-state index is -0.508. The molecule has 0 radical (unpaired) electrons. The second-order valence-corrected chi connectivity index (χ2v) is 3.72. The van der Waals surface area contributed by atoms with Gasteiger partial charge in [0.2, 0.25) is 5.91 Å². The highest BCUT2D eigenvalue weighted by Gasteiger charge is 2.16. The number of para-hydroxylation sites is 1. The van der Waals surface area contributed by atoms with Crippen LogP contribution >= 0.6 is 0 Å². The summed E-state index contributed by atoms with van der Waals surface area (Å²) < 4.78 is 5.06. The molecule has 1 aromatic carbocycles. The molecule has 0 aliphatic heterocycles. The van der Waals surface area contributed by atoms with E-state index in [9.17, 15) is 9.59 Å². The molecule has 0 saturated carbocycles. The van der Waals surface area contributed by atoms with Gasteiger partial charge in [0, 0.05) is 13.5 Å². The number of aromatic nitrogens is 1. The van der Waals surface area contributed by atoms with Gasteiger partial charge in [0.15, 0.2) is 0 Å². The molecule has 1 heterocycles. The van der Waals surface area contributed by atoms with Crippen molar-refractivity contribution < 1.29 is 9.21 Å². The molecule has 0 N–H and O–H groups in total. The summed E-state index contributed by atoms with van der Waals surface area (Å²) in [6.45, 7) is 5.17. The minimum Gasteiger partial charge on any atom is -0.388 e. The molecule has 2 aromatic rings. The van der Waals surface area contributed by atoms with Crippen molar-refractivity contribution in [2.45, 2.75) is 6.92 Å². The van der Waals surface area contributed by atoms with Gasteiger partial charge in [-0.15, -0.1) is 6.58 Å². The highest BCUT2D eigenvalue weighted by molar-refractivity contribution is 5.90. The number of carbonyl (C=O) groups excluding carboxylic acids is 1. The van der Waals surface area contributed by atoms with Crippen LogP contribution in [0, 0.1) is 0 Å². The van der Waals surface area contributed by atoms with E-state index in [1.165, 1.54) is 17.9 Å². The van der Waals surface area contributed by atoms with Crippen LogP contribution in [-0.4, -0.2) is 17.4 Å². The smallest absolute Gasteiger partial charge is 0.348 e. The number of carbonyl (C=O) groups is 1. The largest absolute Gasteiger partial charge is 0.388 e. The Morgan fingerprint density at radius 2 is 2.22 bits per heavy atom. The van der Waals surface area contributed by atoms with Crippen molar-refractivity contribution in [1.29, 1.82) is 0 Å². The highest BCUT2D eigenvalue weighted by atomic mass is 16.4. The zero-order valence-electron chi connectivity index (χ0n) is 9.92. The summed E-state index contributed by atoms with van der Waals surface area (Å²) in [5, 5.41) is 0.392. The molecule has 1 aromatic heterocycles. The molecule has 0 unspecified atom stereocenters. The van der Waals surface area contributed by atoms with Crippen molar-refractivity contribution in [3.8, 4) is 0 Å². The molecule has 92 valence electrons. The van der Waals surface area contributed by atoms with Crippen molar-refractivity contribution in [3.05, 3.63) is 47.3 Å². The molecule has 0 fully saturated rings. The monoisotopic (exact) mass is 244 g/mol. The summed E-state index contributed by atoms with van der Waals surface area (Å²) in [5.74, 6) is -0.263. The molecule has 1 amide bonds. The third kappa shape index (κ3) is 2.15. The van der Waals surface area contributed by atoms with Crippen molar-refractivity contribution in [1.82, 2.24) is 4.98 Å². The van der Waals surface area contributed by atoms with Gasteiger partial charge in [0.05, 0.1) is 10.9 Å². The van der Waals surface area contributed by atoms with Crippen LogP contribution in [0.1, 0.15) is 6.92 Å². The molecule has 2 rings (SSSR count). The summed E-state index contributed by atoms with van der Waals surface area (Å²) in [6.07, 6.45) is 1.54. The predicted octanol–water partition coefficient (Wildman–Crippen LogP) is 1.73. The molecule has 0 aliphatic rings. The third-order valence-electron chi connectivity index (χ3n) is 2.45. The number of rotatable bonds is 3. The fourth-order valence-electron chi connectivity index (χ4n) is 1.59. The van der Waals surface area contributed by atoms with Gasteiger partial charge < -0.3 is 4.42 Å². The SMILES string of the molecule is C=CCN(C(C)=O)c1nc2ccccc2c(=O)o1. The molecule has 18 heavy (non-hydrogen) atoms. The topological polar surface area (TPSA) is 63.4 Å². The minimum absolute atomic E-state index is 0.00824. The lowest BCUT2D eigenvalue weighted by atomic mass is 10.2. The Morgan fingerprint density at radius 3 is 2.89 bits per heavy atom. The number of hydrogen-bond acceptors (Lipinski definition) is 4. The lowest BCUT2D eigenvalue weighted by Crippen LogP contribution is -2.30. The predicted molar refractivity (Wildman–Crippen MR) is 68.5 cm³/mol. The van der Waals surface area contributed by atoms with Crippen LogP contribution in [0.25, 0.3) is 10.9 Å². The molecule has 0 aliphatic carbocycles. The first kappa shape index (κ1) is 12.0. The standard InChI is InChI=1S/C13H12N2O3/c1-3-8-15(9(2)16)13-14-11-7-5-4-6-10(11)12(17)18-13/h3-7H,1,8H2,2H3. The van der Waals surface area contributed by atoms with E-state index in [0.29, 0.717) is 10.9 Å². The number of benzene rings is 1. The Labute approximate surface area is 103 Å². The van der Waals surface area contributed by atoms with E-state index < -0.39 is 5.63 Å². The Bertz CT molecular complexity index is 661. The highest BCUT2D eigenvalue weighted by Crippen LogP contribution is 2.14. The van der Waals surface area contributed by atoms with Gasteiger partial charge in [-0.1, -0.05) is 18.2 Å². The van der Waals surface area contributed by atoms with Gasteiger partial charge in [-0.2, -0.15) is 4.98 Å². The van der Waals surface area contributed by atoms with E-state index in [2.05, 4.69) is 11.6 Å². The van der Waals surface area contributed by atoms with Crippen molar-refractivity contribution >= 4 is 22.8 Å². The molecular weight excluding hydrogens is 232 g/mol. The molecule has 0 saturated heterocycles. The molecule has 0 atom stereocenters. The first-order chi connectivity index (χ1) is 8.63. The number of nitrogens with zero attached hydrogens (tertiary/aromatic N) is 2. The van der Waals surface area contributed by atoms with E-state index in [1.54, 1.807) is 24.3 Å². The zero-order chi connectivity index (χ0) is 13.1. The third-order valence-corrected chi connectivity index (χ3v) is 2.45. The first-order valence-corrected chi connectivity index (χ1v) is 5.42. The molecule has 5 heteroatoms. The lowest BCUT2D eigenvalue weighted by molar-refractivity contribution is -0.116. The quantitative estimate of drug-likeness (QED) is 0.771. The van der Waals surface area contributed by atoms with E-state index in [4.69, 9.17) is 4.42 Å². The lowest BCUT2D eigenvalue weighted by Gasteiger charge is -2.15. The fourth-order valence-corrected chi connectivity index (χ4v) is 1.59. The van der Waals surface area contributed by atoms with Crippen molar-refractivity contribution in [3.63, 3.8) is 0 Å². The van der Waals surface area contributed by atoms with Crippen LogP contribution in [0.4, 0.5) is 6.01 Å². The van der Waals surface area contributed by atoms with Crippen LogP contribution in [0.2, 0.25) is 0 Å². The van der Waals surface area contributed by atoms with Crippen molar-refractivity contribution in [2.75, 3.05) is 11.4 Å². The van der Waals surface area contributed by atoms with Crippen molar-refractivity contribution in [2.24, 2.45) is 0 Å². The average molecular weight is 244 g/mol. The summed E-state index contributed by atoms with van der Waals surface area (Å²) in [6, 6.07) is 6.81. The second kappa shape index (κ2) is 4.83. The van der Waals surface area contributed by atoms with Crippen LogP contribution in [0.3, 0.4) is 0 Å². The van der Waals surface area contributed by atoms with Gasteiger partial charge in [-0.25, -0.2) is 4.79 Å². The summed E-state index contributed by atoms with van der Waals surface area (Å²) in [5.41, 5.74) is -0.00928. The Morgan fingerprint density at radius 1 is 1.50 bits per heavy atom. The first-order valence-electron chi connectivity index (χ1n) is 5.42. The molecule has 0 spiro atoms. The molecule has 5 nitrogen and oxygen atoms in total. The Kier molecular flexibility index (Phi) is 3.23. The van der Waals surface area contributed by atoms with Crippen LogP contribution in [-0.2, 0) is 4.79 Å². The Hall–Kier alpha value is -2.43. The van der Waals surface area contributed by atoms with Gasteiger partial charge >= 0.3 is 11.6 Å². The number of anilines is 1. The average Bonchev–Trinajstić information content (AvgIpc) is 2.35. The molecular formula is C13H12N2O3. The van der Waals surface area contributed by atoms with Gasteiger partial charge in [-0.3, -0.25) is 9.69 Å². The van der Waals surface area contributed by atoms with E-state index >= 15 is 0 Å². The zero-order valence-corrected chi connectivity index (χ0v) is 9.92. The number of fused-ring (bicyclic) bond motifs is 1. The van der Waals surface area contributed by atoms with Gasteiger partial charge in [-0.05, 0) is 12.1 Å². The van der Waals surface area contributed by atoms with E-state index in [1.807, 2.05) is 0 Å². The summed E-state index contributed by atoms with van der Waals surface area (Å²) in [4.78, 5) is 28.6. The maximum atomic E-state index is 11.8. The number of hydrogen-bond donors (Lipinski definition) is 0. The van der Waals surface area contributed by atoms with Gasteiger partial charge in [0.25, 0.3) is 0 Å². The maximum Gasteiger partial charge on any atom is 0.348 e. The van der Waals surface area contributed by atoms with Gasteiger partial charge in [0.1, 0.15) is 0 Å². The van der Waals surface area contributed by atoms with E-state index in [0.717, 1.165) is 0 Å². The molecule has 0 bridgehead atoms. The normalized spacial score (nSPS) is 10.3. The van der Waals surface area contributed by atoms with Crippen LogP contribution in [0.15, 0.2) is 46.1 Å². The second-order valence-electron chi connectivity index (χ2n) is 3.72.